The van der Waals surface area contributed by atoms with E-state index in [4.69, 9.17) is 16.3 Å². The number of nitrogens with zero attached hydrogens (tertiary/aromatic N) is 3. The van der Waals surface area contributed by atoms with Gasteiger partial charge in [0.25, 0.3) is 5.91 Å². The topological polar surface area (TPSA) is 45.7 Å². The molecule has 1 atom stereocenters. The van der Waals surface area contributed by atoms with Crippen LogP contribution in [0.5, 0.6) is 5.75 Å². The minimum Gasteiger partial charge on any atom is -0.481 e. The van der Waals surface area contributed by atoms with E-state index in [2.05, 4.69) is 16.0 Å². The monoisotopic (exact) mass is 437 g/mol. The largest absolute Gasteiger partial charge is 0.481 e. The Morgan fingerprint density at radius 2 is 1.83 bits per heavy atom. The zero-order valence-corrected chi connectivity index (χ0v) is 18.8. The van der Waals surface area contributed by atoms with Crippen molar-refractivity contribution in [1.29, 1.82) is 0 Å². The van der Waals surface area contributed by atoms with Crippen molar-refractivity contribution in [2.24, 2.45) is 0 Å². The zero-order chi connectivity index (χ0) is 20.1. The van der Waals surface area contributed by atoms with Crippen LogP contribution in [0.25, 0.3) is 0 Å². The van der Waals surface area contributed by atoms with E-state index in [0.717, 1.165) is 61.0 Å². The van der Waals surface area contributed by atoms with Gasteiger partial charge in [-0.15, -0.1) is 12.4 Å². The first-order valence-electron chi connectivity index (χ1n) is 9.78. The number of pyridine rings is 1. The van der Waals surface area contributed by atoms with E-state index in [1.807, 2.05) is 56.1 Å². The summed E-state index contributed by atoms with van der Waals surface area (Å²) in [7, 11) is 0. The van der Waals surface area contributed by atoms with Crippen LogP contribution in [0, 0.1) is 13.8 Å². The first-order valence-corrected chi connectivity index (χ1v) is 10.2. The maximum Gasteiger partial charge on any atom is 0.263 e. The molecule has 0 spiro atoms. The van der Waals surface area contributed by atoms with E-state index < -0.39 is 6.10 Å². The molecule has 29 heavy (non-hydrogen) atoms. The average Bonchev–Trinajstić information content (AvgIpc) is 2.71. The average molecular weight is 438 g/mol. The SMILES string of the molecule is Cc1cc(OC(C)C(=O)N2CCN(CCc3ccccn3)CC2)cc(C)c1Cl.Cl. The van der Waals surface area contributed by atoms with E-state index in [1.54, 1.807) is 0 Å². The van der Waals surface area contributed by atoms with Crippen molar-refractivity contribution >= 4 is 29.9 Å². The van der Waals surface area contributed by atoms with Crippen LogP contribution in [0.1, 0.15) is 23.7 Å². The predicted molar refractivity (Wildman–Crippen MR) is 119 cm³/mol. The molecule has 2 aromatic rings. The second-order valence-electron chi connectivity index (χ2n) is 7.37. The number of hydrogen-bond acceptors (Lipinski definition) is 4. The summed E-state index contributed by atoms with van der Waals surface area (Å²) in [5.41, 5.74) is 3.02. The number of aryl methyl sites for hydroxylation is 2. The maximum atomic E-state index is 12.8. The maximum absolute atomic E-state index is 12.8. The van der Waals surface area contributed by atoms with Crippen LogP contribution >= 0.6 is 24.0 Å². The molecule has 1 aliphatic heterocycles. The summed E-state index contributed by atoms with van der Waals surface area (Å²) >= 11 is 6.21. The van der Waals surface area contributed by atoms with Crippen molar-refractivity contribution in [2.75, 3.05) is 32.7 Å². The lowest BCUT2D eigenvalue weighted by Gasteiger charge is -2.35. The fraction of sp³-hybridized carbons (Fsp3) is 0.455. The quantitative estimate of drug-likeness (QED) is 0.686. The highest BCUT2D eigenvalue weighted by Gasteiger charge is 2.26. The molecule has 2 heterocycles. The molecule has 7 heteroatoms. The number of carbonyl (C=O) groups is 1. The molecule has 1 amide bonds. The number of carbonyl (C=O) groups excluding carboxylic acids is 1. The Kier molecular flexibility index (Phi) is 8.75. The van der Waals surface area contributed by atoms with Crippen LogP contribution in [0.15, 0.2) is 36.5 Å². The molecule has 0 saturated carbocycles. The standard InChI is InChI=1S/C22H28ClN3O2.ClH/c1-16-14-20(15-17(2)21(16)23)28-18(3)22(27)26-12-10-25(11-13-26)9-7-19-6-4-5-8-24-19;/h4-6,8,14-15,18H,7,9-13H2,1-3H3;1H. The number of hydrogen-bond donors (Lipinski definition) is 0. The number of benzene rings is 1. The van der Waals surface area contributed by atoms with Crippen molar-refractivity contribution in [2.45, 2.75) is 33.3 Å². The van der Waals surface area contributed by atoms with Crippen LogP contribution in [0.3, 0.4) is 0 Å². The van der Waals surface area contributed by atoms with E-state index in [9.17, 15) is 4.79 Å². The Bertz CT molecular complexity index is 786. The second kappa shape index (κ2) is 10.8. The van der Waals surface area contributed by atoms with Gasteiger partial charge in [-0.2, -0.15) is 0 Å². The van der Waals surface area contributed by atoms with E-state index in [-0.39, 0.29) is 18.3 Å². The van der Waals surface area contributed by atoms with Crippen molar-refractivity contribution in [3.63, 3.8) is 0 Å². The summed E-state index contributed by atoms with van der Waals surface area (Å²) in [4.78, 5) is 21.4. The van der Waals surface area contributed by atoms with Gasteiger partial charge < -0.3 is 9.64 Å². The molecule has 0 bridgehead atoms. The molecule has 1 aliphatic rings. The van der Waals surface area contributed by atoms with Crippen molar-refractivity contribution in [1.82, 2.24) is 14.8 Å². The Balaban J connectivity index is 0.00000300. The summed E-state index contributed by atoms with van der Waals surface area (Å²) in [6.45, 7) is 9.89. The molecule has 3 rings (SSSR count). The highest BCUT2D eigenvalue weighted by Crippen LogP contribution is 2.26. The first-order chi connectivity index (χ1) is 13.4. The number of rotatable bonds is 6. The second-order valence-corrected chi connectivity index (χ2v) is 7.75. The van der Waals surface area contributed by atoms with Crippen LogP contribution < -0.4 is 4.74 Å². The van der Waals surface area contributed by atoms with Gasteiger partial charge >= 0.3 is 0 Å². The van der Waals surface area contributed by atoms with Crippen molar-refractivity contribution in [3.05, 3.63) is 58.4 Å². The molecule has 5 nitrogen and oxygen atoms in total. The molecule has 1 aromatic carbocycles. The molecule has 1 fully saturated rings. The molecular formula is C22H29Cl2N3O2. The summed E-state index contributed by atoms with van der Waals surface area (Å²) in [6.07, 6.45) is 2.25. The third-order valence-corrected chi connectivity index (χ3v) is 5.76. The zero-order valence-electron chi connectivity index (χ0n) is 17.2. The van der Waals surface area contributed by atoms with E-state index >= 15 is 0 Å². The molecule has 1 aromatic heterocycles. The van der Waals surface area contributed by atoms with Gasteiger partial charge in [-0.25, -0.2) is 0 Å². The van der Waals surface area contributed by atoms with Gasteiger partial charge in [0.15, 0.2) is 6.10 Å². The first kappa shape index (κ1) is 23.5. The minimum atomic E-state index is -0.514. The minimum absolute atomic E-state index is 0. The normalized spacial score (nSPS) is 15.5. The van der Waals surface area contributed by atoms with E-state index in [0.29, 0.717) is 5.75 Å². The lowest BCUT2D eigenvalue weighted by Crippen LogP contribution is -2.52. The number of piperazine rings is 1. The fourth-order valence-corrected chi connectivity index (χ4v) is 3.61. The van der Waals surface area contributed by atoms with Gasteiger partial charge in [0.1, 0.15) is 5.75 Å². The third kappa shape index (κ3) is 6.33. The lowest BCUT2D eigenvalue weighted by molar-refractivity contribution is -0.139. The Morgan fingerprint density at radius 1 is 1.17 bits per heavy atom. The van der Waals surface area contributed by atoms with Gasteiger partial charge in [0.2, 0.25) is 0 Å². The Morgan fingerprint density at radius 3 is 2.41 bits per heavy atom. The van der Waals surface area contributed by atoms with Gasteiger partial charge in [0.05, 0.1) is 0 Å². The predicted octanol–water partition coefficient (Wildman–Crippen LogP) is 3.93. The molecule has 0 N–H and O–H groups in total. The van der Waals surface area contributed by atoms with Gasteiger partial charge in [-0.1, -0.05) is 17.7 Å². The summed E-state index contributed by atoms with van der Waals surface area (Å²) < 4.78 is 5.91. The van der Waals surface area contributed by atoms with E-state index in [1.165, 1.54) is 0 Å². The molecule has 158 valence electrons. The summed E-state index contributed by atoms with van der Waals surface area (Å²) in [5.74, 6) is 0.726. The molecule has 1 saturated heterocycles. The van der Waals surface area contributed by atoms with Crippen LogP contribution in [-0.4, -0.2) is 59.5 Å². The smallest absolute Gasteiger partial charge is 0.263 e. The van der Waals surface area contributed by atoms with Gasteiger partial charge in [-0.05, 0) is 56.2 Å². The third-order valence-electron chi connectivity index (χ3n) is 5.16. The van der Waals surface area contributed by atoms with Gasteiger partial charge in [-0.3, -0.25) is 14.7 Å². The number of ether oxygens (including phenoxy) is 1. The number of amides is 1. The Labute approximate surface area is 184 Å². The van der Waals surface area contributed by atoms with Crippen LogP contribution in [0.2, 0.25) is 5.02 Å². The van der Waals surface area contributed by atoms with Crippen molar-refractivity contribution in [3.8, 4) is 5.75 Å². The fourth-order valence-electron chi connectivity index (χ4n) is 3.50. The molecule has 1 unspecified atom stereocenters. The van der Waals surface area contributed by atoms with Crippen LogP contribution in [-0.2, 0) is 11.2 Å². The molecular weight excluding hydrogens is 409 g/mol. The Hall–Kier alpha value is -1.82. The van der Waals surface area contributed by atoms with Crippen LogP contribution in [0.4, 0.5) is 0 Å². The van der Waals surface area contributed by atoms with Crippen molar-refractivity contribution < 1.29 is 9.53 Å². The molecule has 0 radical (unpaired) electrons. The molecule has 0 aliphatic carbocycles. The summed E-state index contributed by atoms with van der Waals surface area (Å²) in [5, 5.41) is 0.744. The lowest BCUT2D eigenvalue weighted by atomic mass is 10.1. The highest BCUT2D eigenvalue weighted by molar-refractivity contribution is 6.32. The number of halogens is 2. The number of aromatic nitrogens is 1. The summed E-state index contributed by atoms with van der Waals surface area (Å²) in [6, 6.07) is 9.77. The highest BCUT2D eigenvalue weighted by atomic mass is 35.5. The van der Waals surface area contributed by atoms with Gasteiger partial charge in [0, 0.05) is 56.1 Å².